The van der Waals surface area contributed by atoms with Crippen molar-refractivity contribution in [1.29, 1.82) is 0 Å². The van der Waals surface area contributed by atoms with Crippen molar-refractivity contribution < 1.29 is 4.79 Å². The van der Waals surface area contributed by atoms with Crippen molar-refractivity contribution in [3.05, 3.63) is 17.7 Å². The maximum Gasteiger partial charge on any atom is 0.223 e. The molecule has 2 unspecified atom stereocenters. The average molecular weight is 330 g/mol. The number of hydrogen-bond acceptors (Lipinski definition) is 3. The molecule has 1 amide bonds. The molecule has 3 aliphatic rings. The summed E-state index contributed by atoms with van der Waals surface area (Å²) in [4.78, 5) is 17.3. The molecule has 1 aromatic heterocycles. The topological polar surface area (TPSA) is 72.9 Å². The van der Waals surface area contributed by atoms with Gasteiger partial charge in [-0.25, -0.2) is 4.98 Å². The number of nitrogens with zero attached hydrogens (tertiary/aromatic N) is 2. The van der Waals surface area contributed by atoms with Crippen molar-refractivity contribution >= 4 is 5.91 Å². The Balaban J connectivity index is 1.27. The van der Waals surface area contributed by atoms with Gasteiger partial charge in [0, 0.05) is 44.1 Å². The molecular weight excluding hydrogens is 300 g/mol. The molecule has 2 saturated carbocycles. The second kappa shape index (κ2) is 6.87. The summed E-state index contributed by atoms with van der Waals surface area (Å²) in [7, 11) is 0. The van der Waals surface area contributed by atoms with Crippen molar-refractivity contribution in [1.82, 2.24) is 14.9 Å². The summed E-state index contributed by atoms with van der Waals surface area (Å²) in [5, 5.41) is 3.16. The Hall–Kier alpha value is -1.36. The number of rotatable bonds is 4. The van der Waals surface area contributed by atoms with Crippen molar-refractivity contribution in [2.45, 2.75) is 70.4 Å². The summed E-state index contributed by atoms with van der Waals surface area (Å²) >= 11 is 0. The van der Waals surface area contributed by atoms with E-state index >= 15 is 0 Å². The Kier molecular flexibility index (Phi) is 4.61. The first-order valence-electron chi connectivity index (χ1n) is 9.79. The Morgan fingerprint density at radius 3 is 2.79 bits per heavy atom. The molecule has 2 aliphatic carbocycles. The number of carbonyl (C=O) groups is 1. The van der Waals surface area contributed by atoms with Gasteiger partial charge in [0.15, 0.2) is 0 Å². The molecular formula is C19H30N4O. The summed E-state index contributed by atoms with van der Waals surface area (Å²) < 4.78 is 2.28. The van der Waals surface area contributed by atoms with E-state index in [0.29, 0.717) is 24.4 Å². The summed E-state index contributed by atoms with van der Waals surface area (Å²) in [6, 6.07) is 0.333. The van der Waals surface area contributed by atoms with Crippen LogP contribution in [0.25, 0.3) is 0 Å². The molecule has 0 radical (unpaired) electrons. The molecule has 2 bridgehead atoms. The first kappa shape index (κ1) is 16.1. The molecule has 5 heteroatoms. The second-order valence-corrected chi connectivity index (χ2v) is 8.04. The molecule has 5 nitrogen and oxygen atoms in total. The van der Waals surface area contributed by atoms with Crippen LogP contribution in [-0.2, 0) is 24.2 Å². The van der Waals surface area contributed by atoms with Crippen LogP contribution in [0, 0.1) is 17.8 Å². The minimum atomic E-state index is 0.176. The summed E-state index contributed by atoms with van der Waals surface area (Å²) in [5.74, 6) is 2.76. The first-order chi connectivity index (χ1) is 11.7. The SMILES string of the molecule is NC1C2CCCC1CC(C(=O)NCCc1cn3c(n1)CCCC3)C2. The van der Waals surface area contributed by atoms with E-state index in [1.165, 1.54) is 37.9 Å². The van der Waals surface area contributed by atoms with Crippen LogP contribution in [0.15, 0.2) is 6.20 Å². The van der Waals surface area contributed by atoms with Crippen LogP contribution in [0.4, 0.5) is 0 Å². The molecule has 0 spiro atoms. The van der Waals surface area contributed by atoms with E-state index in [1.54, 1.807) is 0 Å². The normalized spacial score (nSPS) is 32.2. The fourth-order valence-corrected chi connectivity index (χ4v) is 5.05. The highest BCUT2D eigenvalue weighted by Crippen LogP contribution is 2.41. The number of amides is 1. The number of nitrogens with one attached hydrogen (secondary N) is 1. The van der Waals surface area contributed by atoms with E-state index in [9.17, 15) is 4.79 Å². The van der Waals surface area contributed by atoms with Crippen LogP contribution < -0.4 is 11.1 Å². The molecule has 2 atom stereocenters. The second-order valence-electron chi connectivity index (χ2n) is 8.04. The van der Waals surface area contributed by atoms with E-state index in [1.807, 2.05) is 0 Å². The summed E-state index contributed by atoms with van der Waals surface area (Å²) in [5.41, 5.74) is 7.45. The Morgan fingerprint density at radius 2 is 2.04 bits per heavy atom. The van der Waals surface area contributed by atoms with Gasteiger partial charge in [0.25, 0.3) is 0 Å². The fourth-order valence-electron chi connectivity index (χ4n) is 5.05. The zero-order chi connectivity index (χ0) is 16.5. The minimum Gasteiger partial charge on any atom is -0.355 e. The van der Waals surface area contributed by atoms with Crippen LogP contribution in [0.3, 0.4) is 0 Å². The summed E-state index contributed by atoms with van der Waals surface area (Å²) in [6.07, 6.45) is 12.3. The van der Waals surface area contributed by atoms with Gasteiger partial charge in [0.1, 0.15) is 5.82 Å². The lowest BCUT2D eigenvalue weighted by molar-refractivity contribution is -0.127. The number of aryl methyl sites for hydroxylation is 2. The van der Waals surface area contributed by atoms with Crippen LogP contribution in [-0.4, -0.2) is 28.0 Å². The fraction of sp³-hybridized carbons (Fsp3) is 0.789. The molecule has 132 valence electrons. The molecule has 3 N–H and O–H groups in total. The predicted octanol–water partition coefficient (Wildman–Crippen LogP) is 2.03. The monoisotopic (exact) mass is 330 g/mol. The van der Waals surface area contributed by atoms with Crippen LogP contribution in [0.5, 0.6) is 0 Å². The number of aromatic nitrogens is 2. The Morgan fingerprint density at radius 1 is 1.25 bits per heavy atom. The van der Waals surface area contributed by atoms with Crippen LogP contribution >= 0.6 is 0 Å². The minimum absolute atomic E-state index is 0.176. The molecule has 4 rings (SSSR count). The van der Waals surface area contributed by atoms with Gasteiger partial charge < -0.3 is 15.6 Å². The van der Waals surface area contributed by atoms with Gasteiger partial charge in [-0.05, 0) is 50.4 Å². The van der Waals surface area contributed by atoms with E-state index in [4.69, 9.17) is 10.7 Å². The van der Waals surface area contributed by atoms with E-state index in [2.05, 4.69) is 16.1 Å². The highest BCUT2D eigenvalue weighted by Gasteiger charge is 2.40. The Bertz CT molecular complexity index is 559. The number of fused-ring (bicyclic) bond motifs is 3. The lowest BCUT2D eigenvalue weighted by Crippen LogP contribution is -2.49. The predicted molar refractivity (Wildman–Crippen MR) is 93.4 cm³/mol. The lowest BCUT2D eigenvalue weighted by Gasteiger charge is -2.43. The maximum absolute atomic E-state index is 12.5. The third kappa shape index (κ3) is 3.23. The van der Waals surface area contributed by atoms with Crippen molar-refractivity contribution in [2.24, 2.45) is 23.5 Å². The number of hydrogen-bond donors (Lipinski definition) is 2. The summed E-state index contributed by atoms with van der Waals surface area (Å²) in [6.45, 7) is 1.80. The molecule has 24 heavy (non-hydrogen) atoms. The smallest absolute Gasteiger partial charge is 0.223 e. The van der Waals surface area contributed by atoms with Crippen LogP contribution in [0.1, 0.15) is 56.5 Å². The molecule has 2 heterocycles. The van der Waals surface area contributed by atoms with Gasteiger partial charge in [-0.3, -0.25) is 4.79 Å². The largest absolute Gasteiger partial charge is 0.355 e. The highest BCUT2D eigenvalue weighted by atomic mass is 16.1. The lowest BCUT2D eigenvalue weighted by atomic mass is 9.65. The quantitative estimate of drug-likeness (QED) is 0.887. The van der Waals surface area contributed by atoms with Gasteiger partial charge in [-0.15, -0.1) is 0 Å². The zero-order valence-electron chi connectivity index (χ0n) is 14.5. The number of carbonyl (C=O) groups excluding carboxylic acids is 1. The molecule has 2 fully saturated rings. The van der Waals surface area contributed by atoms with Gasteiger partial charge in [0.2, 0.25) is 5.91 Å². The van der Waals surface area contributed by atoms with Crippen LogP contribution in [0.2, 0.25) is 0 Å². The third-order valence-electron chi connectivity index (χ3n) is 6.42. The molecule has 0 aromatic carbocycles. The maximum atomic E-state index is 12.5. The van der Waals surface area contributed by atoms with Crippen molar-refractivity contribution in [2.75, 3.05) is 6.54 Å². The average Bonchev–Trinajstić information content (AvgIpc) is 2.97. The third-order valence-corrected chi connectivity index (χ3v) is 6.42. The standard InChI is InChI=1S/C19H30N4O/c20-18-13-4-3-5-14(18)11-15(10-13)19(24)21-8-7-16-12-23-9-2-1-6-17(23)22-16/h12-15,18H,1-11,20H2,(H,21,24). The molecule has 1 aromatic rings. The molecule has 1 aliphatic heterocycles. The van der Waals surface area contributed by atoms with Gasteiger partial charge in [0.05, 0.1) is 5.69 Å². The van der Waals surface area contributed by atoms with Crippen molar-refractivity contribution in [3.8, 4) is 0 Å². The number of imidazole rings is 1. The Labute approximate surface area is 144 Å². The van der Waals surface area contributed by atoms with E-state index in [0.717, 1.165) is 37.9 Å². The highest BCUT2D eigenvalue weighted by molar-refractivity contribution is 5.78. The van der Waals surface area contributed by atoms with E-state index in [-0.39, 0.29) is 11.8 Å². The van der Waals surface area contributed by atoms with E-state index < -0.39 is 0 Å². The zero-order valence-corrected chi connectivity index (χ0v) is 14.5. The first-order valence-corrected chi connectivity index (χ1v) is 9.79. The van der Waals surface area contributed by atoms with Crippen molar-refractivity contribution in [3.63, 3.8) is 0 Å². The number of nitrogens with two attached hydrogens (primary N) is 1. The van der Waals surface area contributed by atoms with Gasteiger partial charge in [-0.1, -0.05) is 6.42 Å². The van der Waals surface area contributed by atoms with Gasteiger partial charge in [-0.2, -0.15) is 0 Å². The van der Waals surface area contributed by atoms with Gasteiger partial charge >= 0.3 is 0 Å². The molecule has 0 saturated heterocycles.